The van der Waals surface area contributed by atoms with Gasteiger partial charge in [-0.2, -0.15) is 0 Å². The van der Waals surface area contributed by atoms with Crippen molar-refractivity contribution in [3.63, 3.8) is 0 Å². The number of likely N-dealkylation sites (N-methyl/N-ethyl adjacent to an activating group) is 2. The molecule has 0 aromatic carbocycles. The minimum absolute atomic E-state index is 0.522. The van der Waals surface area contributed by atoms with Crippen LogP contribution in [0.5, 0.6) is 0 Å². The Bertz CT molecular complexity index is 150. The van der Waals surface area contributed by atoms with Gasteiger partial charge >= 0.3 is 0 Å². The van der Waals surface area contributed by atoms with Crippen LogP contribution in [-0.2, 0) is 4.74 Å². The fraction of sp³-hybridized carbons (Fsp3) is 1.00. The normalized spacial score (nSPS) is 15.5. The smallest absolute Gasteiger partial charge is 0.0619 e. The Morgan fingerprint density at radius 3 is 1.24 bits per heavy atom. The van der Waals surface area contributed by atoms with Gasteiger partial charge in [0, 0.05) is 12.1 Å². The lowest BCUT2D eigenvalue weighted by Gasteiger charge is -2.29. The highest BCUT2D eigenvalue weighted by Gasteiger charge is 2.13. The Balaban J connectivity index is 3.82. The number of ether oxygens (including phenoxy) is 1. The van der Waals surface area contributed by atoms with Crippen molar-refractivity contribution in [2.45, 2.75) is 53.6 Å². The molecule has 0 aromatic rings. The Kier molecular flexibility index (Phi) is 9.79. The Hall–Kier alpha value is -0.120. The first-order valence-corrected chi connectivity index (χ1v) is 7.16. The first-order valence-electron chi connectivity index (χ1n) is 7.16. The van der Waals surface area contributed by atoms with E-state index in [1.54, 1.807) is 0 Å². The second kappa shape index (κ2) is 9.86. The minimum atomic E-state index is 0.522. The van der Waals surface area contributed by atoms with Gasteiger partial charge in [0.25, 0.3) is 0 Å². The summed E-state index contributed by atoms with van der Waals surface area (Å²) in [5, 5.41) is 0. The van der Waals surface area contributed by atoms with E-state index in [0.717, 1.165) is 39.4 Å². The molecular formula is C14H32N2O. The molecule has 0 N–H and O–H groups in total. The van der Waals surface area contributed by atoms with E-state index in [1.807, 2.05) is 0 Å². The van der Waals surface area contributed by atoms with Crippen molar-refractivity contribution >= 4 is 0 Å². The second-order valence-corrected chi connectivity index (χ2v) is 4.68. The van der Waals surface area contributed by atoms with E-state index >= 15 is 0 Å². The largest absolute Gasteiger partial charge is 0.378 e. The molecule has 2 unspecified atom stereocenters. The average Bonchev–Trinajstić information content (AvgIpc) is 2.32. The monoisotopic (exact) mass is 244 g/mol. The van der Waals surface area contributed by atoms with Gasteiger partial charge in [-0.1, -0.05) is 27.7 Å². The Morgan fingerprint density at radius 2 is 1.00 bits per heavy atom. The predicted molar refractivity (Wildman–Crippen MR) is 75.6 cm³/mol. The zero-order valence-corrected chi connectivity index (χ0v) is 12.7. The SMILES string of the molecule is CCN(CC)C(C)COCC(C)N(CC)CC. The van der Waals surface area contributed by atoms with Gasteiger partial charge in [0.2, 0.25) is 0 Å². The van der Waals surface area contributed by atoms with Gasteiger partial charge in [-0.25, -0.2) is 0 Å². The van der Waals surface area contributed by atoms with Gasteiger partial charge in [0.05, 0.1) is 13.2 Å². The van der Waals surface area contributed by atoms with Gasteiger partial charge in [-0.3, -0.25) is 9.80 Å². The molecule has 3 heteroatoms. The van der Waals surface area contributed by atoms with E-state index in [0.29, 0.717) is 12.1 Å². The molecule has 104 valence electrons. The van der Waals surface area contributed by atoms with Crippen molar-refractivity contribution in [2.24, 2.45) is 0 Å². The van der Waals surface area contributed by atoms with E-state index in [4.69, 9.17) is 4.74 Å². The third-order valence-corrected chi connectivity index (χ3v) is 3.59. The number of hydrogen-bond donors (Lipinski definition) is 0. The summed E-state index contributed by atoms with van der Waals surface area (Å²) in [5.74, 6) is 0. The van der Waals surface area contributed by atoms with Gasteiger partial charge < -0.3 is 4.74 Å². The number of hydrogen-bond acceptors (Lipinski definition) is 3. The third-order valence-electron chi connectivity index (χ3n) is 3.59. The van der Waals surface area contributed by atoms with Gasteiger partial charge in [-0.05, 0) is 40.0 Å². The van der Waals surface area contributed by atoms with Gasteiger partial charge in [0.15, 0.2) is 0 Å². The quantitative estimate of drug-likeness (QED) is 0.587. The van der Waals surface area contributed by atoms with Gasteiger partial charge in [-0.15, -0.1) is 0 Å². The zero-order valence-electron chi connectivity index (χ0n) is 12.7. The summed E-state index contributed by atoms with van der Waals surface area (Å²) in [4.78, 5) is 4.87. The molecule has 0 spiro atoms. The second-order valence-electron chi connectivity index (χ2n) is 4.68. The summed E-state index contributed by atoms with van der Waals surface area (Å²) < 4.78 is 5.84. The van der Waals surface area contributed by atoms with E-state index < -0.39 is 0 Å². The van der Waals surface area contributed by atoms with Crippen molar-refractivity contribution in [2.75, 3.05) is 39.4 Å². The van der Waals surface area contributed by atoms with E-state index in [1.165, 1.54) is 0 Å². The van der Waals surface area contributed by atoms with Crippen LogP contribution >= 0.6 is 0 Å². The molecule has 0 aliphatic carbocycles. The molecular weight excluding hydrogens is 212 g/mol. The summed E-state index contributed by atoms with van der Waals surface area (Å²) in [7, 11) is 0. The lowest BCUT2D eigenvalue weighted by atomic mass is 10.3. The maximum Gasteiger partial charge on any atom is 0.0619 e. The first kappa shape index (κ1) is 16.9. The fourth-order valence-electron chi connectivity index (χ4n) is 2.31. The highest BCUT2D eigenvalue weighted by molar-refractivity contribution is 4.66. The highest BCUT2D eigenvalue weighted by Crippen LogP contribution is 2.02. The molecule has 17 heavy (non-hydrogen) atoms. The van der Waals surface area contributed by atoms with Crippen LogP contribution in [-0.4, -0.2) is 61.3 Å². The van der Waals surface area contributed by atoms with Crippen LogP contribution in [0.3, 0.4) is 0 Å². The van der Waals surface area contributed by atoms with Crippen molar-refractivity contribution in [3.05, 3.63) is 0 Å². The third kappa shape index (κ3) is 6.39. The van der Waals surface area contributed by atoms with Crippen molar-refractivity contribution < 1.29 is 4.74 Å². The molecule has 0 aliphatic rings. The molecule has 0 aliphatic heterocycles. The molecule has 0 amide bonds. The maximum atomic E-state index is 5.84. The first-order chi connectivity index (χ1) is 8.10. The molecule has 0 heterocycles. The molecule has 2 atom stereocenters. The van der Waals surface area contributed by atoms with Crippen LogP contribution in [0.15, 0.2) is 0 Å². The molecule has 0 saturated carbocycles. The Labute approximate surface area is 108 Å². The summed E-state index contributed by atoms with van der Waals surface area (Å²) in [6.45, 7) is 19.4. The molecule has 0 aromatic heterocycles. The summed E-state index contributed by atoms with van der Waals surface area (Å²) in [5.41, 5.74) is 0. The summed E-state index contributed by atoms with van der Waals surface area (Å²) in [6.07, 6.45) is 0. The van der Waals surface area contributed by atoms with E-state index in [2.05, 4.69) is 51.3 Å². The van der Waals surface area contributed by atoms with E-state index in [9.17, 15) is 0 Å². The molecule has 0 bridgehead atoms. The number of nitrogens with zero attached hydrogens (tertiary/aromatic N) is 2. The average molecular weight is 244 g/mol. The van der Waals surface area contributed by atoms with Crippen LogP contribution < -0.4 is 0 Å². The summed E-state index contributed by atoms with van der Waals surface area (Å²) >= 11 is 0. The van der Waals surface area contributed by atoms with Crippen molar-refractivity contribution in [1.29, 1.82) is 0 Å². The fourth-order valence-corrected chi connectivity index (χ4v) is 2.31. The molecule has 3 nitrogen and oxygen atoms in total. The lowest BCUT2D eigenvalue weighted by molar-refractivity contribution is 0.0354. The summed E-state index contributed by atoms with van der Waals surface area (Å²) in [6, 6.07) is 1.04. The van der Waals surface area contributed by atoms with Gasteiger partial charge in [0.1, 0.15) is 0 Å². The van der Waals surface area contributed by atoms with E-state index in [-0.39, 0.29) is 0 Å². The Morgan fingerprint density at radius 1 is 0.706 bits per heavy atom. The van der Waals surface area contributed by atoms with Crippen molar-refractivity contribution in [1.82, 2.24) is 9.80 Å². The van der Waals surface area contributed by atoms with Crippen LogP contribution in [0.2, 0.25) is 0 Å². The van der Waals surface area contributed by atoms with Crippen LogP contribution in [0.1, 0.15) is 41.5 Å². The molecule has 0 radical (unpaired) electrons. The molecule has 0 rings (SSSR count). The predicted octanol–water partition coefficient (Wildman–Crippen LogP) is 2.46. The number of rotatable bonds is 10. The standard InChI is InChI=1S/C14H32N2O/c1-7-15(8-2)13(5)11-17-12-14(6)16(9-3)10-4/h13-14H,7-12H2,1-6H3. The van der Waals surface area contributed by atoms with Crippen LogP contribution in [0, 0.1) is 0 Å². The topological polar surface area (TPSA) is 15.7 Å². The molecule has 0 saturated heterocycles. The van der Waals surface area contributed by atoms with Crippen LogP contribution in [0.4, 0.5) is 0 Å². The zero-order chi connectivity index (χ0) is 13.3. The van der Waals surface area contributed by atoms with Crippen LogP contribution in [0.25, 0.3) is 0 Å². The maximum absolute atomic E-state index is 5.84. The van der Waals surface area contributed by atoms with Crippen molar-refractivity contribution in [3.8, 4) is 0 Å². The lowest BCUT2D eigenvalue weighted by Crippen LogP contribution is -2.39. The highest BCUT2D eigenvalue weighted by atomic mass is 16.5. The minimum Gasteiger partial charge on any atom is -0.378 e. The molecule has 0 fully saturated rings.